The minimum Gasteiger partial charge on any atom is -0.369 e. The fraction of sp³-hybridized carbons (Fsp3) is 0.667. The van der Waals surface area contributed by atoms with Gasteiger partial charge in [0.2, 0.25) is 5.91 Å². The van der Waals surface area contributed by atoms with Gasteiger partial charge in [-0.2, -0.15) is 0 Å². The highest BCUT2D eigenvalue weighted by molar-refractivity contribution is 6.31. The quantitative estimate of drug-likeness (QED) is 0.729. The number of hydrogen-bond donors (Lipinski definition) is 2. The topological polar surface area (TPSA) is 84.7 Å². The van der Waals surface area contributed by atoms with Crippen LogP contribution in [-0.2, 0) is 14.3 Å². The van der Waals surface area contributed by atoms with E-state index in [1.807, 2.05) is 24.3 Å². The molecule has 1 heterocycles. The molecule has 7 heteroatoms. The van der Waals surface area contributed by atoms with Gasteiger partial charge in [0.25, 0.3) is 5.91 Å². The van der Waals surface area contributed by atoms with Crippen molar-refractivity contribution in [2.75, 3.05) is 19.7 Å². The van der Waals surface area contributed by atoms with Crippen molar-refractivity contribution in [2.45, 2.75) is 57.2 Å². The lowest BCUT2D eigenvalue weighted by Gasteiger charge is -2.59. The molecular weight excluding hydrogens is 414 g/mol. The van der Waals surface area contributed by atoms with Gasteiger partial charge < -0.3 is 15.8 Å². The highest BCUT2D eigenvalue weighted by Crippen LogP contribution is 2.59. The van der Waals surface area contributed by atoms with Crippen LogP contribution in [0.3, 0.4) is 0 Å². The van der Waals surface area contributed by atoms with Crippen molar-refractivity contribution in [1.82, 2.24) is 10.2 Å². The van der Waals surface area contributed by atoms with Crippen LogP contribution in [0, 0.1) is 23.2 Å². The molecular formula is C24H32ClN3O3. The molecule has 1 saturated heterocycles. The molecule has 4 atom stereocenters. The Balaban J connectivity index is 1.24. The van der Waals surface area contributed by atoms with E-state index in [0.717, 1.165) is 49.2 Å². The Kier molecular flexibility index (Phi) is 5.51. The fourth-order valence-electron chi connectivity index (χ4n) is 7.01. The van der Waals surface area contributed by atoms with E-state index in [4.69, 9.17) is 22.1 Å². The molecule has 0 radical (unpaired) electrons. The second kappa shape index (κ2) is 8.05. The number of nitrogens with zero attached hydrogens (tertiary/aromatic N) is 1. The number of ether oxygens (including phenoxy) is 1. The summed E-state index contributed by atoms with van der Waals surface area (Å²) in [5.74, 6) is 1.11. The molecule has 1 aromatic carbocycles. The van der Waals surface area contributed by atoms with Crippen LogP contribution in [0.1, 0.15) is 50.6 Å². The molecule has 3 N–H and O–H groups in total. The minimum atomic E-state index is -0.485. The Hall–Kier alpha value is -1.63. The number of hydrogen-bond acceptors (Lipinski definition) is 4. The molecule has 4 aliphatic carbocycles. The van der Waals surface area contributed by atoms with Crippen molar-refractivity contribution >= 4 is 23.4 Å². The van der Waals surface area contributed by atoms with E-state index in [1.54, 1.807) is 0 Å². The van der Waals surface area contributed by atoms with Crippen LogP contribution in [0.5, 0.6) is 0 Å². The average molecular weight is 446 g/mol. The van der Waals surface area contributed by atoms with E-state index in [9.17, 15) is 9.59 Å². The number of nitrogens with one attached hydrogen (secondary N) is 1. The van der Waals surface area contributed by atoms with Crippen LogP contribution in [0.2, 0.25) is 5.02 Å². The van der Waals surface area contributed by atoms with Gasteiger partial charge in [0, 0.05) is 35.6 Å². The van der Waals surface area contributed by atoms with Gasteiger partial charge in [-0.15, -0.1) is 0 Å². The summed E-state index contributed by atoms with van der Waals surface area (Å²) in [7, 11) is 0. The SMILES string of the molecule is C[C@H](c1ccccc1Cl)N1CCOC(C(=O)NC2C3CC4CC2CC(C(N)=O)(C4)C3)C1. The Morgan fingerprint density at radius 3 is 2.61 bits per heavy atom. The molecule has 31 heavy (non-hydrogen) atoms. The summed E-state index contributed by atoms with van der Waals surface area (Å²) in [5, 5.41) is 4.08. The number of amides is 2. The van der Waals surface area contributed by atoms with Crippen LogP contribution in [0.15, 0.2) is 24.3 Å². The zero-order valence-corrected chi connectivity index (χ0v) is 18.8. The predicted octanol–water partition coefficient (Wildman–Crippen LogP) is 2.90. The Morgan fingerprint density at radius 1 is 1.23 bits per heavy atom. The summed E-state index contributed by atoms with van der Waals surface area (Å²) < 4.78 is 5.88. The first kappa shape index (κ1) is 21.2. The third-order valence-electron chi connectivity index (χ3n) is 8.40. The van der Waals surface area contributed by atoms with Gasteiger partial charge in [-0.25, -0.2) is 0 Å². The lowest BCUT2D eigenvalue weighted by atomic mass is 9.47. The van der Waals surface area contributed by atoms with Crippen molar-refractivity contribution in [1.29, 1.82) is 0 Å². The van der Waals surface area contributed by atoms with Crippen LogP contribution < -0.4 is 11.1 Å². The molecule has 3 unspecified atom stereocenters. The van der Waals surface area contributed by atoms with Gasteiger partial charge in [-0.1, -0.05) is 29.8 Å². The minimum absolute atomic E-state index is 0.0262. The number of nitrogens with two attached hydrogens (primary N) is 1. The van der Waals surface area contributed by atoms with Crippen molar-refractivity contribution < 1.29 is 14.3 Å². The largest absolute Gasteiger partial charge is 0.369 e. The molecule has 0 spiro atoms. The second-order valence-corrected chi connectivity index (χ2v) is 10.6. The number of morpholine rings is 1. The zero-order chi connectivity index (χ0) is 21.8. The molecule has 6 nitrogen and oxygen atoms in total. The lowest BCUT2D eigenvalue weighted by Crippen LogP contribution is -2.63. The normalized spacial score (nSPS) is 38.1. The van der Waals surface area contributed by atoms with Crippen molar-refractivity contribution in [2.24, 2.45) is 28.9 Å². The molecule has 1 aromatic rings. The van der Waals surface area contributed by atoms with Gasteiger partial charge in [0.1, 0.15) is 6.10 Å². The third-order valence-corrected chi connectivity index (χ3v) is 8.74. The second-order valence-electron chi connectivity index (χ2n) is 10.2. The van der Waals surface area contributed by atoms with Gasteiger partial charge >= 0.3 is 0 Å². The molecule has 4 saturated carbocycles. The summed E-state index contributed by atoms with van der Waals surface area (Å²) in [6, 6.07) is 8.12. The maximum absolute atomic E-state index is 13.2. The number of carbonyl (C=O) groups is 2. The summed E-state index contributed by atoms with van der Waals surface area (Å²) >= 11 is 6.40. The standard InChI is InChI=1S/C24H32ClN3O3/c1-14(18-4-2-3-5-19(18)25)28-6-7-31-20(13-28)22(29)27-21-16-8-15-9-17(21)12-24(10-15,11-16)23(26)30/h2-5,14-17,20-21H,6-13H2,1H3,(H2,26,30)(H,27,29)/t14-,15?,16?,17?,20?,21?,24?/m1/s1. The van der Waals surface area contributed by atoms with Gasteiger partial charge in [-0.3, -0.25) is 14.5 Å². The summed E-state index contributed by atoms with van der Waals surface area (Å²) in [6.45, 7) is 3.97. The number of primary amides is 1. The van der Waals surface area contributed by atoms with Crippen LogP contribution in [0.25, 0.3) is 0 Å². The molecule has 168 valence electrons. The lowest BCUT2D eigenvalue weighted by molar-refractivity contribution is -0.151. The van der Waals surface area contributed by atoms with E-state index >= 15 is 0 Å². The van der Waals surface area contributed by atoms with Crippen LogP contribution in [0.4, 0.5) is 0 Å². The molecule has 4 bridgehead atoms. The highest BCUT2D eigenvalue weighted by Gasteiger charge is 2.58. The zero-order valence-electron chi connectivity index (χ0n) is 18.1. The first-order valence-electron chi connectivity index (χ1n) is 11.6. The van der Waals surface area contributed by atoms with E-state index in [-0.39, 0.29) is 29.3 Å². The number of halogens is 1. The molecule has 5 aliphatic rings. The van der Waals surface area contributed by atoms with Gasteiger partial charge in [-0.05, 0) is 68.4 Å². The van der Waals surface area contributed by atoms with E-state index in [0.29, 0.717) is 30.9 Å². The molecule has 5 fully saturated rings. The van der Waals surface area contributed by atoms with E-state index in [1.165, 1.54) is 0 Å². The fourth-order valence-corrected chi connectivity index (χ4v) is 7.30. The Labute approximate surface area is 188 Å². The number of rotatable bonds is 5. The van der Waals surface area contributed by atoms with Gasteiger partial charge in [0.15, 0.2) is 0 Å². The monoisotopic (exact) mass is 445 g/mol. The average Bonchev–Trinajstić information content (AvgIpc) is 2.75. The van der Waals surface area contributed by atoms with Gasteiger partial charge in [0.05, 0.1) is 6.61 Å². The summed E-state index contributed by atoms with van der Waals surface area (Å²) in [5.41, 5.74) is 6.54. The van der Waals surface area contributed by atoms with E-state index in [2.05, 4.69) is 17.1 Å². The maximum atomic E-state index is 13.2. The van der Waals surface area contributed by atoms with Crippen LogP contribution in [-0.4, -0.2) is 48.6 Å². The summed E-state index contributed by atoms with van der Waals surface area (Å²) in [4.78, 5) is 27.6. The number of carbonyl (C=O) groups excluding carboxylic acids is 2. The van der Waals surface area contributed by atoms with E-state index < -0.39 is 6.10 Å². The molecule has 6 rings (SSSR count). The third kappa shape index (κ3) is 3.77. The van der Waals surface area contributed by atoms with Crippen molar-refractivity contribution in [3.8, 4) is 0 Å². The molecule has 2 amide bonds. The van der Waals surface area contributed by atoms with Crippen LogP contribution >= 0.6 is 11.6 Å². The van der Waals surface area contributed by atoms with Crippen molar-refractivity contribution in [3.05, 3.63) is 34.9 Å². The predicted molar refractivity (Wildman–Crippen MR) is 118 cm³/mol. The first-order valence-corrected chi connectivity index (χ1v) is 11.9. The highest BCUT2D eigenvalue weighted by atomic mass is 35.5. The Morgan fingerprint density at radius 2 is 1.94 bits per heavy atom. The Bertz CT molecular complexity index is 861. The molecule has 1 aliphatic heterocycles. The van der Waals surface area contributed by atoms with Crippen molar-refractivity contribution in [3.63, 3.8) is 0 Å². The smallest absolute Gasteiger partial charge is 0.250 e. The summed E-state index contributed by atoms with van der Waals surface area (Å²) in [6.07, 6.45) is 4.29. The first-order chi connectivity index (χ1) is 14.9. The molecule has 0 aromatic heterocycles. The number of benzene rings is 1. The maximum Gasteiger partial charge on any atom is 0.250 e.